The number of carbonyl (C=O) groups is 2. The Morgan fingerprint density at radius 2 is 1.81 bits per heavy atom. The van der Waals surface area contributed by atoms with Gasteiger partial charge in [-0.1, -0.05) is 54.1 Å². The second kappa shape index (κ2) is 7.45. The van der Waals surface area contributed by atoms with Crippen LogP contribution in [-0.4, -0.2) is 28.4 Å². The van der Waals surface area contributed by atoms with Crippen LogP contribution in [0.4, 0.5) is 0 Å². The van der Waals surface area contributed by atoms with E-state index in [0.717, 1.165) is 16.7 Å². The summed E-state index contributed by atoms with van der Waals surface area (Å²) in [5.41, 5.74) is 4.10. The summed E-state index contributed by atoms with van der Waals surface area (Å²) >= 11 is 5.06. The lowest BCUT2D eigenvalue weighted by molar-refractivity contribution is -0.128. The van der Waals surface area contributed by atoms with Gasteiger partial charge in [-0.2, -0.15) is 0 Å². The Morgan fingerprint density at radius 3 is 2.50 bits per heavy atom. The van der Waals surface area contributed by atoms with Gasteiger partial charge in [0.25, 0.3) is 11.8 Å². The van der Waals surface area contributed by atoms with Crippen molar-refractivity contribution in [2.75, 3.05) is 6.54 Å². The minimum absolute atomic E-state index is 0.0573. The van der Waals surface area contributed by atoms with Crippen molar-refractivity contribution in [3.63, 3.8) is 0 Å². The molecule has 0 aliphatic carbocycles. The zero-order chi connectivity index (χ0) is 18.7. The van der Waals surface area contributed by atoms with E-state index in [2.05, 4.69) is 18.0 Å². The lowest BCUT2D eigenvalue weighted by Crippen LogP contribution is -2.53. The Labute approximate surface area is 157 Å². The first-order chi connectivity index (χ1) is 12.5. The smallest absolute Gasteiger partial charge is 0.265 e. The standard InChI is InChI=1S/C21H18N2O2S/c1-3-10-23-20(25)18(19(24)22-21(23)26)13-15-7-5-9-17(12-15)16-8-4-6-14(2)11-16/h3-9,11-13H,1,10H2,2H3,(H,22,24,26). The summed E-state index contributed by atoms with van der Waals surface area (Å²) in [4.78, 5) is 26.1. The normalized spacial score (nSPS) is 16.0. The van der Waals surface area contributed by atoms with Crippen molar-refractivity contribution < 1.29 is 9.59 Å². The van der Waals surface area contributed by atoms with Crippen molar-refractivity contribution in [3.8, 4) is 11.1 Å². The van der Waals surface area contributed by atoms with Gasteiger partial charge in [0.1, 0.15) is 5.57 Å². The van der Waals surface area contributed by atoms with E-state index in [-0.39, 0.29) is 17.2 Å². The maximum atomic E-state index is 12.6. The first-order valence-electron chi connectivity index (χ1n) is 8.16. The van der Waals surface area contributed by atoms with Gasteiger partial charge in [0.15, 0.2) is 5.11 Å². The minimum atomic E-state index is -0.485. The molecule has 0 aromatic heterocycles. The molecule has 26 heavy (non-hydrogen) atoms. The molecule has 1 saturated heterocycles. The SMILES string of the molecule is C=CCN1C(=O)C(=Cc2cccc(-c3cccc(C)c3)c2)C(=O)NC1=S. The van der Waals surface area contributed by atoms with Crippen LogP contribution in [0, 0.1) is 6.92 Å². The molecular formula is C21H18N2O2S. The molecule has 1 aliphatic rings. The molecule has 1 aliphatic heterocycles. The molecule has 2 aromatic carbocycles. The average Bonchev–Trinajstić information content (AvgIpc) is 2.62. The van der Waals surface area contributed by atoms with E-state index in [9.17, 15) is 9.59 Å². The summed E-state index contributed by atoms with van der Waals surface area (Å²) in [5.74, 6) is -0.902. The lowest BCUT2D eigenvalue weighted by atomic mass is 10.00. The predicted molar refractivity (Wildman–Crippen MR) is 107 cm³/mol. The number of hydrogen-bond donors (Lipinski definition) is 1. The Morgan fingerprint density at radius 1 is 1.12 bits per heavy atom. The predicted octanol–water partition coefficient (Wildman–Crippen LogP) is 3.47. The van der Waals surface area contributed by atoms with Crippen molar-refractivity contribution in [1.29, 1.82) is 0 Å². The van der Waals surface area contributed by atoms with E-state index in [1.807, 2.05) is 49.4 Å². The molecule has 2 aromatic rings. The highest BCUT2D eigenvalue weighted by Gasteiger charge is 2.32. The maximum Gasteiger partial charge on any atom is 0.265 e. The van der Waals surface area contributed by atoms with Crippen molar-refractivity contribution in [1.82, 2.24) is 10.2 Å². The van der Waals surface area contributed by atoms with Crippen molar-refractivity contribution in [2.45, 2.75) is 6.92 Å². The number of carbonyl (C=O) groups excluding carboxylic acids is 2. The van der Waals surface area contributed by atoms with Crippen LogP contribution in [-0.2, 0) is 9.59 Å². The van der Waals surface area contributed by atoms with Crippen molar-refractivity contribution in [3.05, 3.63) is 77.9 Å². The number of rotatable bonds is 4. The molecule has 2 amide bonds. The van der Waals surface area contributed by atoms with E-state index in [1.165, 1.54) is 10.5 Å². The molecule has 0 saturated carbocycles. The van der Waals surface area contributed by atoms with Crippen LogP contribution in [0.15, 0.2) is 66.8 Å². The molecule has 0 unspecified atom stereocenters. The fraction of sp³-hybridized carbons (Fsp3) is 0.0952. The molecule has 4 nitrogen and oxygen atoms in total. The zero-order valence-corrected chi connectivity index (χ0v) is 15.2. The van der Waals surface area contributed by atoms with Gasteiger partial charge in [0, 0.05) is 6.54 Å². The molecule has 1 N–H and O–H groups in total. The van der Waals surface area contributed by atoms with E-state index >= 15 is 0 Å². The summed E-state index contributed by atoms with van der Waals surface area (Å²) in [6, 6.07) is 15.9. The Kier molecular flexibility index (Phi) is 5.09. The highest BCUT2D eigenvalue weighted by molar-refractivity contribution is 7.80. The molecule has 0 radical (unpaired) electrons. The van der Waals surface area contributed by atoms with Crippen LogP contribution in [0.25, 0.3) is 17.2 Å². The van der Waals surface area contributed by atoms with Crippen LogP contribution in [0.5, 0.6) is 0 Å². The summed E-state index contributed by atoms with van der Waals surface area (Å²) in [6.45, 7) is 5.91. The number of nitrogens with one attached hydrogen (secondary N) is 1. The van der Waals surface area contributed by atoms with E-state index in [0.29, 0.717) is 0 Å². The Balaban J connectivity index is 1.97. The molecular weight excluding hydrogens is 344 g/mol. The van der Waals surface area contributed by atoms with Gasteiger partial charge < -0.3 is 0 Å². The van der Waals surface area contributed by atoms with E-state index in [1.54, 1.807) is 12.2 Å². The largest absolute Gasteiger partial charge is 0.298 e. The number of nitrogens with zero attached hydrogens (tertiary/aromatic N) is 1. The Hall–Kier alpha value is -3.05. The monoisotopic (exact) mass is 362 g/mol. The van der Waals surface area contributed by atoms with Crippen LogP contribution in [0.1, 0.15) is 11.1 Å². The number of thiocarbonyl (C=S) groups is 1. The van der Waals surface area contributed by atoms with Gasteiger partial charge in [0.2, 0.25) is 0 Å². The van der Waals surface area contributed by atoms with Gasteiger partial charge in [0.05, 0.1) is 0 Å². The topological polar surface area (TPSA) is 49.4 Å². The van der Waals surface area contributed by atoms with Crippen LogP contribution in [0.2, 0.25) is 0 Å². The van der Waals surface area contributed by atoms with Crippen LogP contribution in [0.3, 0.4) is 0 Å². The van der Waals surface area contributed by atoms with Crippen molar-refractivity contribution >= 4 is 35.2 Å². The average molecular weight is 362 g/mol. The van der Waals surface area contributed by atoms with E-state index in [4.69, 9.17) is 12.2 Å². The van der Waals surface area contributed by atoms with Crippen LogP contribution >= 0.6 is 12.2 Å². The number of benzene rings is 2. The number of aryl methyl sites for hydroxylation is 1. The van der Waals surface area contributed by atoms with Gasteiger partial charge >= 0.3 is 0 Å². The quantitative estimate of drug-likeness (QED) is 0.392. The minimum Gasteiger partial charge on any atom is -0.298 e. The number of amides is 2. The zero-order valence-electron chi connectivity index (χ0n) is 14.4. The number of hydrogen-bond acceptors (Lipinski definition) is 3. The third-order valence-corrected chi connectivity index (χ3v) is 4.37. The Bertz CT molecular complexity index is 947. The second-order valence-corrected chi connectivity index (χ2v) is 6.40. The summed E-state index contributed by atoms with van der Waals surface area (Å²) in [5, 5.41) is 2.65. The summed E-state index contributed by atoms with van der Waals surface area (Å²) in [6.07, 6.45) is 3.16. The molecule has 0 spiro atoms. The van der Waals surface area contributed by atoms with Crippen molar-refractivity contribution in [2.24, 2.45) is 0 Å². The summed E-state index contributed by atoms with van der Waals surface area (Å²) < 4.78 is 0. The molecule has 130 valence electrons. The third kappa shape index (κ3) is 3.63. The fourth-order valence-electron chi connectivity index (χ4n) is 2.79. The van der Waals surface area contributed by atoms with Gasteiger partial charge in [-0.05, 0) is 48.0 Å². The van der Waals surface area contributed by atoms with Crippen LogP contribution < -0.4 is 5.32 Å². The molecule has 1 fully saturated rings. The molecule has 0 atom stereocenters. The van der Waals surface area contributed by atoms with Gasteiger partial charge in [-0.15, -0.1) is 6.58 Å². The lowest BCUT2D eigenvalue weighted by Gasteiger charge is -2.27. The van der Waals surface area contributed by atoms with Gasteiger partial charge in [-0.25, -0.2) is 0 Å². The van der Waals surface area contributed by atoms with Gasteiger partial charge in [-0.3, -0.25) is 19.8 Å². The molecule has 0 bridgehead atoms. The summed E-state index contributed by atoms with van der Waals surface area (Å²) in [7, 11) is 0. The highest BCUT2D eigenvalue weighted by atomic mass is 32.1. The highest BCUT2D eigenvalue weighted by Crippen LogP contribution is 2.23. The molecule has 3 rings (SSSR count). The third-order valence-electron chi connectivity index (χ3n) is 4.05. The molecule has 1 heterocycles. The first-order valence-corrected chi connectivity index (χ1v) is 8.57. The fourth-order valence-corrected chi connectivity index (χ4v) is 3.04. The molecule has 5 heteroatoms. The van der Waals surface area contributed by atoms with E-state index < -0.39 is 11.8 Å². The maximum absolute atomic E-state index is 12.6. The first kappa shape index (κ1) is 17.8. The second-order valence-electron chi connectivity index (χ2n) is 6.02.